The molecule has 0 bridgehead atoms. The summed E-state index contributed by atoms with van der Waals surface area (Å²) in [4.78, 5) is 17.8. The lowest BCUT2D eigenvalue weighted by molar-refractivity contribution is 0.122. The second-order valence-corrected chi connectivity index (χ2v) is 6.27. The molecule has 128 valence electrons. The van der Waals surface area contributed by atoms with Gasteiger partial charge in [-0.05, 0) is 19.8 Å². The van der Waals surface area contributed by atoms with Gasteiger partial charge in [0, 0.05) is 38.2 Å². The lowest BCUT2D eigenvalue weighted by Crippen LogP contribution is -2.37. The van der Waals surface area contributed by atoms with Gasteiger partial charge in [0.25, 0.3) is 0 Å². The van der Waals surface area contributed by atoms with E-state index in [0.717, 1.165) is 69.8 Å². The summed E-state index contributed by atoms with van der Waals surface area (Å²) < 4.78 is 10.7. The third-order valence-electron chi connectivity index (χ3n) is 4.68. The summed E-state index contributed by atoms with van der Waals surface area (Å²) >= 11 is 0. The molecular weight excluding hydrogens is 308 g/mol. The number of piperidine rings is 1. The second kappa shape index (κ2) is 6.72. The number of nitrogens with zero attached hydrogens (tertiary/aromatic N) is 6. The number of aryl methyl sites for hydroxylation is 1. The maximum Gasteiger partial charge on any atom is 0.229 e. The lowest BCUT2D eigenvalue weighted by atomic mass is 9.97. The molecule has 0 atom stereocenters. The van der Waals surface area contributed by atoms with Gasteiger partial charge in [0.15, 0.2) is 5.82 Å². The predicted octanol–water partition coefficient (Wildman–Crippen LogP) is 1.39. The van der Waals surface area contributed by atoms with E-state index in [0.29, 0.717) is 11.7 Å². The molecule has 8 heteroatoms. The minimum Gasteiger partial charge on any atom is -0.378 e. The van der Waals surface area contributed by atoms with Gasteiger partial charge in [-0.15, -0.1) is 0 Å². The summed E-state index contributed by atoms with van der Waals surface area (Å²) in [6.45, 7) is 7.01. The number of rotatable bonds is 3. The van der Waals surface area contributed by atoms with Gasteiger partial charge in [0.2, 0.25) is 5.89 Å². The molecule has 2 aliphatic heterocycles. The van der Waals surface area contributed by atoms with Gasteiger partial charge in [-0.25, -0.2) is 9.97 Å². The molecule has 0 aromatic carbocycles. The zero-order valence-electron chi connectivity index (χ0n) is 13.9. The van der Waals surface area contributed by atoms with Gasteiger partial charge in [-0.1, -0.05) is 5.16 Å². The fourth-order valence-electron chi connectivity index (χ4n) is 3.31. The Morgan fingerprint density at radius 1 is 1.00 bits per heavy atom. The Hall–Kier alpha value is -2.22. The summed E-state index contributed by atoms with van der Waals surface area (Å²) in [6.07, 6.45) is 3.66. The highest BCUT2D eigenvalue weighted by molar-refractivity contribution is 5.50. The van der Waals surface area contributed by atoms with Crippen LogP contribution in [0.25, 0.3) is 0 Å². The highest BCUT2D eigenvalue weighted by Gasteiger charge is 2.26. The molecule has 2 aromatic heterocycles. The zero-order valence-corrected chi connectivity index (χ0v) is 13.9. The number of morpholine rings is 1. The molecular formula is C16H22N6O2. The van der Waals surface area contributed by atoms with Crippen LogP contribution in [0.3, 0.4) is 0 Å². The molecule has 0 radical (unpaired) electrons. The Bertz CT molecular complexity index is 677. The monoisotopic (exact) mass is 330 g/mol. The molecule has 2 saturated heterocycles. The Morgan fingerprint density at radius 3 is 2.29 bits per heavy atom. The minimum absolute atomic E-state index is 0.350. The van der Waals surface area contributed by atoms with Crippen LogP contribution in [0.4, 0.5) is 11.6 Å². The number of ether oxygens (including phenoxy) is 1. The zero-order chi connectivity index (χ0) is 16.4. The highest BCUT2D eigenvalue weighted by Crippen LogP contribution is 2.29. The van der Waals surface area contributed by atoms with Crippen LogP contribution >= 0.6 is 0 Å². The third kappa shape index (κ3) is 3.19. The molecule has 8 nitrogen and oxygen atoms in total. The van der Waals surface area contributed by atoms with Crippen LogP contribution < -0.4 is 9.80 Å². The second-order valence-electron chi connectivity index (χ2n) is 6.27. The third-order valence-corrected chi connectivity index (χ3v) is 4.68. The van der Waals surface area contributed by atoms with Gasteiger partial charge in [0.05, 0.1) is 13.2 Å². The molecule has 0 amide bonds. The van der Waals surface area contributed by atoms with Crippen molar-refractivity contribution >= 4 is 11.6 Å². The lowest BCUT2D eigenvalue weighted by Gasteiger charge is -2.32. The van der Waals surface area contributed by atoms with Crippen molar-refractivity contribution in [3.05, 3.63) is 24.1 Å². The van der Waals surface area contributed by atoms with E-state index < -0.39 is 0 Å². The Morgan fingerprint density at radius 2 is 1.67 bits per heavy atom. The van der Waals surface area contributed by atoms with Crippen molar-refractivity contribution in [2.45, 2.75) is 25.7 Å². The molecule has 4 heterocycles. The highest BCUT2D eigenvalue weighted by atomic mass is 16.5. The SMILES string of the molecule is Cc1noc(C2CCN(c3cc(N4CCOCC4)ncn3)CC2)n1. The van der Waals surface area contributed by atoms with Gasteiger partial charge in [-0.3, -0.25) is 0 Å². The van der Waals surface area contributed by atoms with Crippen molar-refractivity contribution in [1.29, 1.82) is 0 Å². The molecule has 0 spiro atoms. The van der Waals surface area contributed by atoms with E-state index in [4.69, 9.17) is 9.26 Å². The van der Waals surface area contributed by atoms with Crippen LogP contribution in [-0.4, -0.2) is 59.5 Å². The molecule has 0 saturated carbocycles. The summed E-state index contributed by atoms with van der Waals surface area (Å²) in [6, 6.07) is 2.09. The smallest absolute Gasteiger partial charge is 0.229 e. The maximum absolute atomic E-state index is 5.41. The number of anilines is 2. The molecule has 2 fully saturated rings. The van der Waals surface area contributed by atoms with Crippen LogP contribution in [0.5, 0.6) is 0 Å². The van der Waals surface area contributed by atoms with Gasteiger partial charge < -0.3 is 19.1 Å². The summed E-state index contributed by atoms with van der Waals surface area (Å²) in [5.74, 6) is 3.80. The van der Waals surface area contributed by atoms with E-state index in [1.165, 1.54) is 0 Å². The van der Waals surface area contributed by atoms with Crippen LogP contribution in [-0.2, 0) is 4.74 Å². The Kier molecular flexibility index (Phi) is 4.29. The standard InChI is InChI=1S/C16H22N6O2/c1-12-19-16(24-20-12)13-2-4-21(5-3-13)14-10-15(18-11-17-14)22-6-8-23-9-7-22/h10-11,13H,2-9H2,1H3. The minimum atomic E-state index is 0.350. The van der Waals surface area contributed by atoms with Gasteiger partial charge >= 0.3 is 0 Å². The molecule has 0 unspecified atom stereocenters. The molecule has 2 aliphatic rings. The van der Waals surface area contributed by atoms with Crippen molar-refractivity contribution < 1.29 is 9.26 Å². The fourth-order valence-corrected chi connectivity index (χ4v) is 3.31. The van der Waals surface area contributed by atoms with E-state index in [1.807, 2.05) is 6.92 Å². The molecule has 2 aromatic rings. The van der Waals surface area contributed by atoms with Crippen LogP contribution in [0.15, 0.2) is 16.9 Å². The van der Waals surface area contributed by atoms with Crippen molar-refractivity contribution in [2.75, 3.05) is 49.2 Å². The largest absolute Gasteiger partial charge is 0.378 e. The van der Waals surface area contributed by atoms with Crippen LogP contribution in [0.1, 0.15) is 30.5 Å². The number of aromatic nitrogens is 4. The quantitative estimate of drug-likeness (QED) is 0.835. The average molecular weight is 330 g/mol. The average Bonchev–Trinajstić information content (AvgIpc) is 3.09. The van der Waals surface area contributed by atoms with E-state index in [2.05, 4.69) is 36.0 Å². The summed E-state index contributed by atoms with van der Waals surface area (Å²) in [5, 5.41) is 3.90. The van der Waals surface area contributed by atoms with E-state index in [9.17, 15) is 0 Å². The first kappa shape index (κ1) is 15.3. The van der Waals surface area contributed by atoms with E-state index in [-0.39, 0.29) is 0 Å². The predicted molar refractivity (Wildman–Crippen MR) is 88.3 cm³/mol. The first-order valence-electron chi connectivity index (χ1n) is 8.49. The van der Waals surface area contributed by atoms with Crippen molar-refractivity contribution in [2.24, 2.45) is 0 Å². The topological polar surface area (TPSA) is 80.4 Å². The fraction of sp³-hybridized carbons (Fsp3) is 0.625. The van der Waals surface area contributed by atoms with Crippen molar-refractivity contribution in [3.8, 4) is 0 Å². The van der Waals surface area contributed by atoms with E-state index in [1.54, 1.807) is 6.33 Å². The molecule has 4 rings (SSSR count). The van der Waals surface area contributed by atoms with Gasteiger partial charge in [0.1, 0.15) is 18.0 Å². The van der Waals surface area contributed by atoms with Crippen molar-refractivity contribution in [3.63, 3.8) is 0 Å². The van der Waals surface area contributed by atoms with Crippen LogP contribution in [0, 0.1) is 6.92 Å². The summed E-state index contributed by atoms with van der Waals surface area (Å²) in [5.41, 5.74) is 0. The van der Waals surface area contributed by atoms with E-state index >= 15 is 0 Å². The molecule has 0 N–H and O–H groups in total. The Balaban J connectivity index is 1.42. The molecule has 0 aliphatic carbocycles. The summed E-state index contributed by atoms with van der Waals surface area (Å²) in [7, 11) is 0. The van der Waals surface area contributed by atoms with Gasteiger partial charge in [-0.2, -0.15) is 4.98 Å². The first-order valence-corrected chi connectivity index (χ1v) is 8.49. The first-order chi connectivity index (χ1) is 11.8. The number of hydrogen-bond donors (Lipinski definition) is 0. The molecule has 24 heavy (non-hydrogen) atoms. The Labute approximate surface area is 140 Å². The van der Waals surface area contributed by atoms with Crippen molar-refractivity contribution in [1.82, 2.24) is 20.1 Å². The maximum atomic E-state index is 5.41. The normalized spacial score (nSPS) is 19.7. The number of hydrogen-bond acceptors (Lipinski definition) is 8. The van der Waals surface area contributed by atoms with Crippen LogP contribution in [0.2, 0.25) is 0 Å².